The number of carbonyl (C=O) groups is 1. The zero-order chi connectivity index (χ0) is 18.5. The zero-order valence-corrected chi connectivity index (χ0v) is 15.7. The molecule has 0 saturated carbocycles. The van der Waals surface area contributed by atoms with Gasteiger partial charge in [-0.05, 0) is 35.9 Å². The molecule has 2 aromatic carbocycles. The number of hydrogen-bond donors (Lipinski definition) is 1. The van der Waals surface area contributed by atoms with E-state index in [1.807, 2.05) is 24.3 Å². The average Bonchev–Trinajstić information content (AvgIpc) is 3.11. The SMILES string of the molecule is Cl.N#Cc1ccc(CC(OC(N)=O)c2cn(-c3cccc(Cl)c3)cn2)cc1. The first-order chi connectivity index (χ1) is 12.5. The Labute approximate surface area is 167 Å². The highest BCUT2D eigenvalue weighted by Gasteiger charge is 2.19. The first-order valence-electron chi connectivity index (χ1n) is 7.80. The molecule has 0 saturated heterocycles. The molecule has 1 amide bonds. The van der Waals surface area contributed by atoms with Gasteiger partial charge in [-0.15, -0.1) is 12.4 Å². The molecule has 138 valence electrons. The molecule has 0 aliphatic heterocycles. The predicted octanol–water partition coefficient (Wildman–Crippen LogP) is 4.20. The van der Waals surface area contributed by atoms with E-state index in [1.54, 1.807) is 41.4 Å². The van der Waals surface area contributed by atoms with Gasteiger partial charge in [-0.25, -0.2) is 9.78 Å². The number of nitrogens with zero attached hydrogens (tertiary/aromatic N) is 3. The van der Waals surface area contributed by atoms with E-state index in [1.165, 1.54) is 0 Å². The van der Waals surface area contributed by atoms with Crippen molar-refractivity contribution in [2.75, 3.05) is 0 Å². The van der Waals surface area contributed by atoms with Gasteiger partial charge in [0.25, 0.3) is 0 Å². The Morgan fingerprint density at radius 1 is 1.30 bits per heavy atom. The highest BCUT2D eigenvalue weighted by molar-refractivity contribution is 6.30. The lowest BCUT2D eigenvalue weighted by Gasteiger charge is -2.14. The van der Waals surface area contributed by atoms with E-state index >= 15 is 0 Å². The van der Waals surface area contributed by atoms with Crippen molar-refractivity contribution in [2.45, 2.75) is 12.5 Å². The lowest BCUT2D eigenvalue weighted by molar-refractivity contribution is 0.104. The minimum atomic E-state index is -0.874. The number of aromatic nitrogens is 2. The number of primary amides is 1. The van der Waals surface area contributed by atoms with Gasteiger partial charge in [0.15, 0.2) is 6.10 Å². The van der Waals surface area contributed by atoms with Crippen LogP contribution in [0.1, 0.15) is 22.9 Å². The summed E-state index contributed by atoms with van der Waals surface area (Å²) in [5.41, 5.74) is 8.07. The molecule has 1 unspecified atom stereocenters. The highest BCUT2D eigenvalue weighted by atomic mass is 35.5. The van der Waals surface area contributed by atoms with Crippen LogP contribution in [0.2, 0.25) is 5.02 Å². The maximum atomic E-state index is 11.3. The minimum Gasteiger partial charge on any atom is -0.439 e. The van der Waals surface area contributed by atoms with E-state index in [0.717, 1.165) is 11.3 Å². The maximum Gasteiger partial charge on any atom is 0.405 e. The van der Waals surface area contributed by atoms with E-state index in [9.17, 15) is 4.79 Å². The number of nitrogens with two attached hydrogens (primary N) is 1. The van der Waals surface area contributed by atoms with Crippen LogP contribution in [0.3, 0.4) is 0 Å². The fraction of sp³-hybridized carbons (Fsp3) is 0.105. The van der Waals surface area contributed by atoms with Crippen LogP contribution in [0, 0.1) is 11.3 Å². The smallest absolute Gasteiger partial charge is 0.405 e. The first kappa shape index (κ1) is 20.3. The van der Waals surface area contributed by atoms with Crippen molar-refractivity contribution in [2.24, 2.45) is 5.73 Å². The van der Waals surface area contributed by atoms with Gasteiger partial charge in [0, 0.05) is 23.3 Å². The molecule has 3 aromatic rings. The number of benzene rings is 2. The molecule has 27 heavy (non-hydrogen) atoms. The Hall–Kier alpha value is -3.01. The van der Waals surface area contributed by atoms with E-state index in [0.29, 0.717) is 22.7 Å². The summed E-state index contributed by atoms with van der Waals surface area (Å²) in [5, 5.41) is 9.49. The number of imidazole rings is 1. The van der Waals surface area contributed by atoms with Gasteiger partial charge in [-0.3, -0.25) is 0 Å². The molecule has 0 spiro atoms. The normalized spacial score (nSPS) is 11.1. The molecular formula is C19H16Cl2N4O2. The summed E-state index contributed by atoms with van der Waals surface area (Å²) in [6.07, 6.45) is 2.27. The molecule has 0 bridgehead atoms. The summed E-state index contributed by atoms with van der Waals surface area (Å²) in [7, 11) is 0. The second-order valence-electron chi connectivity index (χ2n) is 5.62. The highest BCUT2D eigenvalue weighted by Crippen LogP contribution is 2.23. The zero-order valence-electron chi connectivity index (χ0n) is 14.1. The molecule has 8 heteroatoms. The summed E-state index contributed by atoms with van der Waals surface area (Å²) < 4.78 is 7.03. The van der Waals surface area contributed by atoms with Crippen LogP contribution >= 0.6 is 24.0 Å². The third kappa shape index (κ3) is 5.23. The molecule has 0 radical (unpaired) electrons. The van der Waals surface area contributed by atoms with Gasteiger partial charge >= 0.3 is 6.09 Å². The third-order valence-electron chi connectivity index (χ3n) is 3.80. The summed E-state index contributed by atoms with van der Waals surface area (Å²) in [6.45, 7) is 0. The molecule has 1 atom stereocenters. The van der Waals surface area contributed by atoms with Crippen molar-refractivity contribution in [3.8, 4) is 11.8 Å². The molecule has 0 aliphatic carbocycles. The number of amides is 1. The largest absolute Gasteiger partial charge is 0.439 e. The van der Waals surface area contributed by atoms with Crippen LogP contribution in [-0.4, -0.2) is 15.6 Å². The second kappa shape index (κ2) is 9.08. The molecule has 1 aromatic heterocycles. The average molecular weight is 403 g/mol. The Morgan fingerprint density at radius 2 is 2.04 bits per heavy atom. The van der Waals surface area contributed by atoms with E-state index < -0.39 is 12.2 Å². The predicted molar refractivity (Wildman–Crippen MR) is 104 cm³/mol. The maximum absolute atomic E-state index is 11.3. The van der Waals surface area contributed by atoms with Crippen molar-refractivity contribution in [3.63, 3.8) is 0 Å². The van der Waals surface area contributed by atoms with Crippen molar-refractivity contribution < 1.29 is 9.53 Å². The first-order valence-corrected chi connectivity index (χ1v) is 8.18. The van der Waals surface area contributed by atoms with Gasteiger partial charge in [-0.1, -0.05) is 29.8 Å². The Morgan fingerprint density at radius 3 is 2.67 bits per heavy atom. The third-order valence-corrected chi connectivity index (χ3v) is 4.04. The monoisotopic (exact) mass is 402 g/mol. The van der Waals surface area contributed by atoms with E-state index in [-0.39, 0.29) is 12.4 Å². The number of carbonyl (C=O) groups excluding carboxylic acids is 1. The van der Waals surface area contributed by atoms with E-state index in [4.69, 9.17) is 27.3 Å². The van der Waals surface area contributed by atoms with Crippen LogP contribution in [0.5, 0.6) is 0 Å². The van der Waals surface area contributed by atoms with E-state index in [2.05, 4.69) is 11.1 Å². The molecule has 0 aliphatic rings. The Bertz CT molecular complexity index is 964. The van der Waals surface area contributed by atoms with Crippen molar-refractivity contribution in [1.82, 2.24) is 9.55 Å². The number of ether oxygens (including phenoxy) is 1. The van der Waals surface area contributed by atoms with Gasteiger partial charge in [-0.2, -0.15) is 5.26 Å². The topological polar surface area (TPSA) is 93.9 Å². The van der Waals surface area contributed by atoms with Crippen LogP contribution in [-0.2, 0) is 11.2 Å². The molecule has 6 nitrogen and oxygen atoms in total. The lowest BCUT2D eigenvalue weighted by atomic mass is 10.0. The van der Waals surface area contributed by atoms with Crippen molar-refractivity contribution >= 4 is 30.1 Å². The van der Waals surface area contributed by atoms with Crippen molar-refractivity contribution in [1.29, 1.82) is 5.26 Å². The number of halogens is 2. The number of hydrogen-bond acceptors (Lipinski definition) is 4. The fourth-order valence-electron chi connectivity index (χ4n) is 2.56. The van der Waals surface area contributed by atoms with Crippen molar-refractivity contribution in [3.05, 3.63) is 82.9 Å². The fourth-order valence-corrected chi connectivity index (χ4v) is 2.74. The van der Waals surface area contributed by atoms with Crippen LogP contribution in [0.15, 0.2) is 61.1 Å². The number of rotatable bonds is 5. The standard InChI is InChI=1S/C19H15ClN4O2.ClH/c20-15-2-1-3-16(9-15)24-11-17(23-12-24)18(26-19(22)25)8-13-4-6-14(10-21)7-5-13;/h1-7,9,11-12,18H,8H2,(H2,22,25);1H. The summed E-state index contributed by atoms with van der Waals surface area (Å²) in [5.74, 6) is 0. The van der Waals surface area contributed by atoms with Crippen LogP contribution in [0.25, 0.3) is 5.69 Å². The second-order valence-corrected chi connectivity index (χ2v) is 6.06. The number of nitriles is 1. The molecule has 2 N–H and O–H groups in total. The van der Waals surface area contributed by atoms with Gasteiger partial charge < -0.3 is 15.0 Å². The lowest BCUT2D eigenvalue weighted by Crippen LogP contribution is -2.19. The minimum absolute atomic E-state index is 0. The molecule has 1 heterocycles. The molecule has 3 rings (SSSR count). The van der Waals surface area contributed by atoms with Gasteiger partial charge in [0.1, 0.15) is 0 Å². The van der Waals surface area contributed by atoms with Gasteiger partial charge in [0.05, 0.1) is 23.7 Å². The van der Waals surface area contributed by atoms with Gasteiger partial charge in [0.2, 0.25) is 0 Å². The summed E-state index contributed by atoms with van der Waals surface area (Å²) in [4.78, 5) is 15.6. The molecule has 0 fully saturated rings. The molecular weight excluding hydrogens is 387 g/mol. The summed E-state index contributed by atoms with van der Waals surface area (Å²) >= 11 is 6.02. The Kier molecular flexibility index (Phi) is 6.83. The van der Waals surface area contributed by atoms with Crippen LogP contribution in [0.4, 0.5) is 4.79 Å². The Balaban J connectivity index is 0.00000261. The van der Waals surface area contributed by atoms with Crippen LogP contribution < -0.4 is 5.73 Å². The summed E-state index contributed by atoms with van der Waals surface area (Å²) in [6, 6.07) is 16.4. The quantitative estimate of drug-likeness (QED) is 0.691.